The maximum Gasteiger partial charge on any atom is 0.244 e. The summed E-state index contributed by atoms with van der Waals surface area (Å²) in [4.78, 5) is 13.1. The molecule has 0 bridgehead atoms. The van der Waals surface area contributed by atoms with Gasteiger partial charge in [0.15, 0.2) is 0 Å². The molecule has 0 aromatic heterocycles. The van der Waals surface area contributed by atoms with Gasteiger partial charge in [-0.25, -0.2) is 8.42 Å². The van der Waals surface area contributed by atoms with E-state index >= 15 is 0 Å². The first kappa shape index (κ1) is 22.9. The highest BCUT2D eigenvalue weighted by molar-refractivity contribution is 7.92. The van der Waals surface area contributed by atoms with Gasteiger partial charge in [0.2, 0.25) is 15.9 Å². The van der Waals surface area contributed by atoms with Crippen LogP contribution in [0.3, 0.4) is 0 Å². The Morgan fingerprint density at radius 1 is 0.966 bits per heavy atom. The lowest BCUT2D eigenvalue weighted by molar-refractivity contribution is -0.122. The van der Waals surface area contributed by atoms with Gasteiger partial charge in [0.05, 0.1) is 18.0 Å². The van der Waals surface area contributed by atoms with Crippen molar-refractivity contribution < 1.29 is 13.2 Å². The summed E-state index contributed by atoms with van der Waals surface area (Å²) in [7, 11) is -3.64. The van der Waals surface area contributed by atoms with Crippen LogP contribution in [0.25, 0.3) is 0 Å². The maximum atomic E-state index is 13.1. The molecule has 0 heterocycles. The van der Waals surface area contributed by atoms with Gasteiger partial charge in [0.25, 0.3) is 0 Å². The number of sulfonamides is 1. The normalized spacial score (nSPS) is 13.6. The van der Waals surface area contributed by atoms with E-state index in [2.05, 4.69) is 11.4 Å². The highest BCUT2D eigenvalue weighted by Crippen LogP contribution is 2.26. The number of benzene rings is 2. The van der Waals surface area contributed by atoms with Crippen LogP contribution < -0.4 is 9.62 Å². The van der Waals surface area contributed by atoms with Crippen LogP contribution in [0.4, 0.5) is 5.69 Å². The van der Waals surface area contributed by atoms with E-state index in [9.17, 15) is 13.2 Å². The first-order chi connectivity index (χ1) is 13.5. The van der Waals surface area contributed by atoms with Crippen LogP contribution in [-0.2, 0) is 14.8 Å². The lowest BCUT2D eigenvalue weighted by Crippen LogP contribution is -2.49. The Balaban J connectivity index is 2.34. The van der Waals surface area contributed by atoms with Gasteiger partial charge in [-0.3, -0.25) is 9.10 Å². The summed E-state index contributed by atoms with van der Waals surface area (Å²) in [5.41, 5.74) is 5.91. The second kappa shape index (κ2) is 8.99. The van der Waals surface area contributed by atoms with Crippen LogP contribution in [-0.4, -0.2) is 26.6 Å². The molecule has 0 saturated carbocycles. The summed E-state index contributed by atoms with van der Waals surface area (Å²) in [6.07, 6.45) is 1.51. The largest absolute Gasteiger partial charge is 0.348 e. The zero-order valence-corrected chi connectivity index (χ0v) is 19.2. The van der Waals surface area contributed by atoms with Gasteiger partial charge in [-0.05, 0) is 81.0 Å². The van der Waals surface area contributed by atoms with Crippen LogP contribution in [0.1, 0.15) is 54.1 Å². The SMILES string of the molecule is CC[C@H](C(=O)N[C@@H](C)c1ccc(C)c(C)c1)N(c1ccc(C)c(C)c1)S(C)(=O)=O. The first-order valence-corrected chi connectivity index (χ1v) is 11.7. The topological polar surface area (TPSA) is 66.5 Å². The van der Waals surface area contributed by atoms with E-state index in [0.29, 0.717) is 12.1 Å². The molecular weight excluding hydrogens is 384 g/mol. The molecule has 0 saturated heterocycles. The van der Waals surface area contributed by atoms with Crippen molar-refractivity contribution in [2.24, 2.45) is 0 Å². The van der Waals surface area contributed by atoms with E-state index in [4.69, 9.17) is 0 Å². The lowest BCUT2D eigenvalue weighted by Gasteiger charge is -2.31. The quantitative estimate of drug-likeness (QED) is 0.730. The van der Waals surface area contributed by atoms with Gasteiger partial charge in [-0.15, -0.1) is 0 Å². The second-order valence-corrected chi connectivity index (χ2v) is 9.68. The van der Waals surface area contributed by atoms with E-state index in [-0.39, 0.29) is 11.9 Å². The van der Waals surface area contributed by atoms with Crippen LogP contribution in [0, 0.1) is 27.7 Å². The molecule has 0 radical (unpaired) electrons. The van der Waals surface area contributed by atoms with Crippen molar-refractivity contribution in [1.29, 1.82) is 0 Å². The third kappa shape index (κ3) is 5.38. The summed E-state index contributed by atoms with van der Waals surface area (Å²) in [5, 5.41) is 3.00. The summed E-state index contributed by atoms with van der Waals surface area (Å²) in [6.45, 7) is 11.7. The summed E-state index contributed by atoms with van der Waals surface area (Å²) in [5.74, 6) is -0.304. The Bertz CT molecular complexity index is 999. The van der Waals surface area contributed by atoms with Crippen LogP contribution in [0.15, 0.2) is 36.4 Å². The molecule has 0 aliphatic rings. The molecule has 6 heteroatoms. The molecule has 2 atom stereocenters. The second-order valence-electron chi connectivity index (χ2n) is 7.83. The third-order valence-corrected chi connectivity index (χ3v) is 6.64. The van der Waals surface area contributed by atoms with Crippen LogP contribution in [0.5, 0.6) is 0 Å². The molecule has 2 rings (SSSR count). The molecule has 0 aliphatic carbocycles. The molecule has 0 spiro atoms. The Morgan fingerprint density at radius 2 is 1.52 bits per heavy atom. The van der Waals surface area contributed by atoms with Crippen LogP contribution in [0.2, 0.25) is 0 Å². The number of rotatable bonds is 7. The Labute approximate surface area is 175 Å². The lowest BCUT2D eigenvalue weighted by atomic mass is 10.0. The molecule has 0 unspecified atom stereocenters. The summed E-state index contributed by atoms with van der Waals surface area (Å²) >= 11 is 0. The third-order valence-electron chi connectivity index (χ3n) is 5.46. The van der Waals surface area contributed by atoms with E-state index < -0.39 is 16.1 Å². The molecule has 29 heavy (non-hydrogen) atoms. The number of carbonyl (C=O) groups excluding carboxylic acids is 1. The molecule has 0 fully saturated rings. The fourth-order valence-corrected chi connectivity index (χ4v) is 4.55. The number of nitrogens with one attached hydrogen (secondary N) is 1. The monoisotopic (exact) mass is 416 g/mol. The maximum absolute atomic E-state index is 13.1. The van der Waals surface area contributed by atoms with E-state index in [0.717, 1.165) is 28.5 Å². The summed E-state index contributed by atoms with van der Waals surface area (Å²) in [6, 6.07) is 10.5. The van der Waals surface area contributed by atoms with Gasteiger partial charge in [-0.1, -0.05) is 31.2 Å². The van der Waals surface area contributed by atoms with Crippen molar-refractivity contribution in [1.82, 2.24) is 5.32 Å². The van der Waals surface area contributed by atoms with Crippen molar-refractivity contribution >= 4 is 21.6 Å². The number of hydrogen-bond donors (Lipinski definition) is 1. The van der Waals surface area contributed by atoms with Crippen molar-refractivity contribution in [3.8, 4) is 0 Å². The highest BCUT2D eigenvalue weighted by atomic mass is 32.2. The predicted molar refractivity (Wildman–Crippen MR) is 120 cm³/mol. The predicted octanol–water partition coefficient (Wildman–Crippen LogP) is 4.34. The first-order valence-electron chi connectivity index (χ1n) is 9.89. The van der Waals surface area contributed by atoms with Gasteiger partial charge in [0.1, 0.15) is 6.04 Å². The molecule has 1 N–H and O–H groups in total. The molecule has 2 aromatic rings. The number of nitrogens with zero attached hydrogens (tertiary/aromatic N) is 1. The molecular formula is C23H32N2O3S. The summed E-state index contributed by atoms with van der Waals surface area (Å²) < 4.78 is 26.5. The fourth-order valence-electron chi connectivity index (χ4n) is 3.35. The molecule has 5 nitrogen and oxygen atoms in total. The molecule has 2 aromatic carbocycles. The smallest absolute Gasteiger partial charge is 0.244 e. The Hall–Kier alpha value is -2.34. The van der Waals surface area contributed by atoms with E-state index in [1.54, 1.807) is 6.07 Å². The minimum Gasteiger partial charge on any atom is -0.348 e. The average molecular weight is 417 g/mol. The van der Waals surface area contributed by atoms with E-state index in [1.165, 1.54) is 9.87 Å². The van der Waals surface area contributed by atoms with Gasteiger partial charge in [-0.2, -0.15) is 0 Å². The Kier molecular flexibility index (Phi) is 7.11. The van der Waals surface area contributed by atoms with Gasteiger partial charge >= 0.3 is 0 Å². The zero-order valence-electron chi connectivity index (χ0n) is 18.4. The molecule has 0 aliphatic heterocycles. The van der Waals surface area contributed by atoms with Crippen molar-refractivity contribution in [3.05, 3.63) is 64.2 Å². The highest BCUT2D eigenvalue weighted by Gasteiger charge is 2.32. The number of aryl methyl sites for hydroxylation is 4. The average Bonchev–Trinajstić information content (AvgIpc) is 2.63. The minimum atomic E-state index is -3.64. The van der Waals surface area contributed by atoms with Gasteiger partial charge < -0.3 is 5.32 Å². The zero-order chi connectivity index (χ0) is 21.9. The number of hydrogen-bond acceptors (Lipinski definition) is 3. The number of carbonyl (C=O) groups is 1. The van der Waals surface area contributed by atoms with Crippen molar-refractivity contribution in [2.45, 2.75) is 60.0 Å². The number of amides is 1. The van der Waals surface area contributed by atoms with E-state index in [1.807, 2.05) is 65.8 Å². The Morgan fingerprint density at radius 3 is 2.00 bits per heavy atom. The van der Waals surface area contributed by atoms with Gasteiger partial charge in [0, 0.05) is 0 Å². The number of anilines is 1. The molecule has 158 valence electrons. The van der Waals surface area contributed by atoms with Crippen molar-refractivity contribution in [3.63, 3.8) is 0 Å². The molecule has 1 amide bonds. The standard InChI is InChI=1S/C23H32N2O3S/c1-8-22(23(26)24-19(6)20-11-9-15(2)17(4)13-20)25(29(7,27)28)21-12-10-16(3)18(5)14-21/h9-14,19,22H,8H2,1-7H3,(H,24,26)/t19-,22+/m0/s1. The minimum absolute atomic E-state index is 0.225. The fraction of sp³-hybridized carbons (Fsp3) is 0.435. The van der Waals surface area contributed by atoms with Crippen LogP contribution >= 0.6 is 0 Å². The van der Waals surface area contributed by atoms with Crippen molar-refractivity contribution in [2.75, 3.05) is 10.6 Å².